The second-order valence-electron chi connectivity index (χ2n) is 12.7. The van der Waals surface area contributed by atoms with Crippen LogP contribution in [0, 0.1) is 0 Å². The van der Waals surface area contributed by atoms with Crippen molar-refractivity contribution in [1.29, 1.82) is 0 Å². The van der Waals surface area contributed by atoms with E-state index in [1.807, 2.05) is 77.1 Å². The summed E-state index contributed by atoms with van der Waals surface area (Å²) in [5.41, 5.74) is -0.893. The molecule has 2 aromatic rings. The van der Waals surface area contributed by atoms with Crippen molar-refractivity contribution in [1.82, 2.24) is 4.90 Å². The minimum Gasteiger partial charge on any atom is -0.467 e. The fourth-order valence-corrected chi connectivity index (χ4v) is 10.2. The van der Waals surface area contributed by atoms with Crippen molar-refractivity contribution in [2.45, 2.75) is 90.5 Å². The predicted octanol–water partition coefficient (Wildman–Crippen LogP) is 5.84. The number of ether oxygens (including phenoxy) is 2. The molecule has 7 heteroatoms. The maximum Gasteiger partial charge on any atom is 0.411 e. The molecule has 1 fully saturated rings. The summed E-state index contributed by atoms with van der Waals surface area (Å²) in [7, 11) is -1.55. The molecule has 2 atom stereocenters. The van der Waals surface area contributed by atoms with Crippen molar-refractivity contribution in [3.8, 4) is 0 Å². The molecule has 1 heterocycles. The van der Waals surface area contributed by atoms with Gasteiger partial charge in [-0.25, -0.2) is 9.59 Å². The molecule has 0 unspecified atom stereocenters. The minimum absolute atomic E-state index is 0.227. The number of amides is 1. The Labute approximate surface area is 235 Å². The topological polar surface area (TPSA) is 65.1 Å². The van der Waals surface area contributed by atoms with Gasteiger partial charge in [-0.2, -0.15) is 0 Å². The molecule has 0 bridgehead atoms. The highest BCUT2D eigenvalue weighted by molar-refractivity contribution is 6.99. The van der Waals surface area contributed by atoms with Gasteiger partial charge < -0.3 is 13.9 Å². The standard InChI is InChI=1S/C32H45NO5Si/c1-24(2)20-21-32(28(34)36-9)22-25(23-33(32)29(35)37-30(3,4)5)38-39(31(6,7)8,26-16-12-10-13-17-26)27-18-14-11-15-19-27/h10-20,25H,21-23H2,1-9H3/t25-,32+/m1/s1. The lowest BCUT2D eigenvalue weighted by molar-refractivity contribution is -0.153. The zero-order valence-corrected chi connectivity index (χ0v) is 26.0. The van der Waals surface area contributed by atoms with Gasteiger partial charge in [0.2, 0.25) is 0 Å². The van der Waals surface area contributed by atoms with Crippen molar-refractivity contribution in [3.63, 3.8) is 0 Å². The van der Waals surface area contributed by atoms with Crippen LogP contribution in [0.15, 0.2) is 72.3 Å². The minimum atomic E-state index is -2.92. The van der Waals surface area contributed by atoms with E-state index in [2.05, 4.69) is 45.0 Å². The van der Waals surface area contributed by atoms with Crippen LogP contribution in [-0.4, -0.2) is 56.2 Å². The van der Waals surface area contributed by atoms with Gasteiger partial charge >= 0.3 is 12.1 Å². The van der Waals surface area contributed by atoms with Crippen LogP contribution in [-0.2, 0) is 18.7 Å². The molecule has 0 N–H and O–H groups in total. The number of esters is 1. The number of carbonyl (C=O) groups is 2. The van der Waals surface area contributed by atoms with Crippen molar-refractivity contribution in [2.75, 3.05) is 13.7 Å². The molecule has 0 saturated carbocycles. The maximum absolute atomic E-state index is 13.6. The Hall–Kier alpha value is -2.90. The molecule has 3 rings (SSSR count). The number of benzene rings is 2. The lowest BCUT2D eigenvalue weighted by Gasteiger charge is -2.44. The van der Waals surface area contributed by atoms with E-state index in [1.54, 1.807) is 4.90 Å². The zero-order chi connectivity index (χ0) is 29.1. The number of allylic oxidation sites excluding steroid dienone is 1. The molecule has 0 spiro atoms. The molecule has 1 saturated heterocycles. The van der Waals surface area contributed by atoms with Crippen molar-refractivity contribution >= 4 is 30.8 Å². The summed E-state index contributed by atoms with van der Waals surface area (Å²) in [6, 6.07) is 20.8. The molecule has 2 aromatic carbocycles. The molecular weight excluding hydrogens is 506 g/mol. The number of methoxy groups -OCH3 is 1. The van der Waals surface area contributed by atoms with Crippen molar-refractivity contribution < 1.29 is 23.5 Å². The van der Waals surface area contributed by atoms with Crippen LogP contribution in [0.2, 0.25) is 5.04 Å². The molecular formula is C32H45NO5Si. The largest absolute Gasteiger partial charge is 0.467 e. The Balaban J connectivity index is 2.18. The van der Waals surface area contributed by atoms with Gasteiger partial charge in [0.1, 0.15) is 11.1 Å². The molecule has 1 amide bonds. The highest BCUT2D eigenvalue weighted by Crippen LogP contribution is 2.43. The van der Waals surface area contributed by atoms with Gasteiger partial charge in [-0.1, -0.05) is 93.1 Å². The van der Waals surface area contributed by atoms with E-state index in [4.69, 9.17) is 13.9 Å². The summed E-state index contributed by atoms with van der Waals surface area (Å²) in [6.07, 6.45) is 1.67. The molecule has 0 aliphatic carbocycles. The zero-order valence-electron chi connectivity index (χ0n) is 25.0. The lowest BCUT2D eigenvalue weighted by Crippen LogP contribution is -2.67. The van der Waals surface area contributed by atoms with Crippen LogP contribution in [0.5, 0.6) is 0 Å². The average Bonchev–Trinajstić information content (AvgIpc) is 3.24. The monoisotopic (exact) mass is 551 g/mol. The molecule has 0 radical (unpaired) electrons. The SMILES string of the molecule is COC(=O)[C@]1(CC=C(C)C)C[C@@H](O[Si](c2ccccc2)(c2ccccc2)C(C)(C)C)CN1C(=O)OC(C)(C)C. The van der Waals surface area contributed by atoms with E-state index in [0.717, 1.165) is 15.9 Å². The van der Waals surface area contributed by atoms with Crippen LogP contribution in [0.3, 0.4) is 0 Å². The van der Waals surface area contributed by atoms with E-state index >= 15 is 0 Å². The summed E-state index contributed by atoms with van der Waals surface area (Å²) < 4.78 is 18.5. The van der Waals surface area contributed by atoms with Gasteiger partial charge in [0.25, 0.3) is 8.32 Å². The first kappa shape index (κ1) is 30.6. The summed E-state index contributed by atoms with van der Waals surface area (Å²) in [5, 5.41) is 2.04. The smallest absolute Gasteiger partial charge is 0.411 e. The highest BCUT2D eigenvalue weighted by Gasteiger charge is 2.59. The van der Waals surface area contributed by atoms with E-state index in [1.165, 1.54) is 7.11 Å². The number of likely N-dealkylation sites (tertiary alicyclic amines) is 1. The van der Waals surface area contributed by atoms with Crippen molar-refractivity contribution in [2.24, 2.45) is 0 Å². The van der Waals surface area contributed by atoms with Gasteiger partial charge in [-0.05, 0) is 56.5 Å². The Morgan fingerprint density at radius 2 is 1.46 bits per heavy atom. The second-order valence-corrected chi connectivity index (χ2v) is 17.0. The normalized spacial score (nSPS) is 19.9. The summed E-state index contributed by atoms with van der Waals surface area (Å²) in [5.74, 6) is -0.459. The third-order valence-corrected chi connectivity index (χ3v) is 12.3. The Kier molecular flexibility index (Phi) is 9.18. The average molecular weight is 552 g/mol. The van der Waals surface area contributed by atoms with E-state index in [0.29, 0.717) is 12.8 Å². The highest BCUT2D eigenvalue weighted by atomic mass is 28.4. The number of hydrogen-bond acceptors (Lipinski definition) is 5. The number of rotatable bonds is 7. The number of nitrogens with zero attached hydrogens (tertiary/aromatic N) is 1. The van der Waals surface area contributed by atoms with Crippen LogP contribution in [0.1, 0.15) is 68.2 Å². The fourth-order valence-electron chi connectivity index (χ4n) is 5.55. The summed E-state index contributed by atoms with van der Waals surface area (Å²) in [4.78, 5) is 28.7. The molecule has 6 nitrogen and oxygen atoms in total. The molecule has 1 aliphatic rings. The Morgan fingerprint density at radius 1 is 0.949 bits per heavy atom. The van der Waals surface area contributed by atoms with Crippen LogP contribution < -0.4 is 10.4 Å². The molecule has 39 heavy (non-hydrogen) atoms. The number of hydrogen-bond donors (Lipinski definition) is 0. The first-order valence-electron chi connectivity index (χ1n) is 13.7. The lowest BCUT2D eigenvalue weighted by atomic mass is 9.90. The van der Waals surface area contributed by atoms with Gasteiger partial charge in [0.15, 0.2) is 0 Å². The van der Waals surface area contributed by atoms with E-state index < -0.39 is 37.6 Å². The van der Waals surface area contributed by atoms with Crippen LogP contribution >= 0.6 is 0 Å². The molecule has 212 valence electrons. The van der Waals surface area contributed by atoms with Gasteiger partial charge in [-0.3, -0.25) is 4.90 Å². The third kappa shape index (κ3) is 6.47. The quantitative estimate of drug-likeness (QED) is 0.246. The second kappa shape index (κ2) is 11.7. The van der Waals surface area contributed by atoms with Crippen LogP contribution in [0.4, 0.5) is 4.79 Å². The predicted molar refractivity (Wildman–Crippen MR) is 159 cm³/mol. The number of carbonyl (C=O) groups excluding carboxylic acids is 2. The van der Waals surface area contributed by atoms with E-state index in [-0.39, 0.29) is 11.6 Å². The van der Waals surface area contributed by atoms with Gasteiger partial charge in [-0.15, -0.1) is 0 Å². The van der Waals surface area contributed by atoms with Gasteiger partial charge in [0.05, 0.1) is 19.8 Å². The third-order valence-electron chi connectivity index (χ3n) is 7.26. The fraction of sp³-hybridized carbons (Fsp3) is 0.500. The first-order chi connectivity index (χ1) is 18.2. The van der Waals surface area contributed by atoms with Crippen LogP contribution in [0.25, 0.3) is 0 Å². The first-order valence-corrected chi connectivity index (χ1v) is 15.6. The Morgan fingerprint density at radius 3 is 1.87 bits per heavy atom. The van der Waals surface area contributed by atoms with E-state index in [9.17, 15) is 9.59 Å². The molecule has 1 aliphatic heterocycles. The Bertz CT molecular complexity index is 1120. The maximum atomic E-state index is 13.6. The van der Waals surface area contributed by atoms with Crippen molar-refractivity contribution in [3.05, 3.63) is 72.3 Å². The summed E-state index contributed by atoms with van der Waals surface area (Å²) in [6.45, 7) is 16.3. The summed E-state index contributed by atoms with van der Waals surface area (Å²) >= 11 is 0. The van der Waals surface area contributed by atoms with Gasteiger partial charge in [0, 0.05) is 6.42 Å². The molecule has 0 aromatic heterocycles.